The van der Waals surface area contributed by atoms with Crippen molar-refractivity contribution in [3.8, 4) is 11.5 Å². The largest absolute Gasteiger partial charge is 0.507 e. The Bertz CT molecular complexity index is 844. The zero-order chi connectivity index (χ0) is 15.9. The Morgan fingerprint density at radius 2 is 2.00 bits per heavy atom. The van der Waals surface area contributed by atoms with Gasteiger partial charge in [0.05, 0.1) is 10.5 Å². The number of rotatable bonds is 2. The predicted molar refractivity (Wildman–Crippen MR) is 79.1 cm³/mol. The molecular weight excluding hydrogens is 310 g/mol. The number of nitro benzene ring substituents is 1. The van der Waals surface area contributed by atoms with Crippen molar-refractivity contribution < 1.29 is 19.6 Å². The van der Waals surface area contributed by atoms with Crippen LogP contribution < -0.4 is 4.74 Å². The SMILES string of the molecule is O=C1C(=Cc2ccccc2O)Oc2c1cc(Cl)cc2[N+](=O)[O-]. The van der Waals surface area contributed by atoms with Gasteiger partial charge in [0.15, 0.2) is 5.76 Å². The number of halogens is 1. The van der Waals surface area contributed by atoms with E-state index in [1.54, 1.807) is 18.2 Å². The van der Waals surface area contributed by atoms with Crippen molar-refractivity contribution in [3.63, 3.8) is 0 Å². The molecule has 6 nitrogen and oxygen atoms in total. The standard InChI is InChI=1S/C15H8ClNO5/c16-9-6-10-14(19)13(5-8-3-1-2-4-12(8)18)22-15(10)11(7-9)17(20)21/h1-7,18H. The third-order valence-corrected chi connectivity index (χ3v) is 3.35. The first-order valence-electron chi connectivity index (χ1n) is 6.17. The number of benzene rings is 2. The highest BCUT2D eigenvalue weighted by atomic mass is 35.5. The van der Waals surface area contributed by atoms with E-state index in [9.17, 15) is 20.0 Å². The van der Waals surface area contributed by atoms with Gasteiger partial charge in [-0.05, 0) is 18.2 Å². The fourth-order valence-corrected chi connectivity index (χ4v) is 2.34. The minimum Gasteiger partial charge on any atom is -0.507 e. The number of nitrogens with zero attached hydrogens (tertiary/aromatic N) is 1. The number of fused-ring (bicyclic) bond motifs is 1. The van der Waals surface area contributed by atoms with Crippen LogP contribution >= 0.6 is 11.6 Å². The second-order valence-electron chi connectivity index (χ2n) is 4.56. The molecule has 0 atom stereocenters. The summed E-state index contributed by atoms with van der Waals surface area (Å²) in [4.78, 5) is 22.7. The van der Waals surface area contributed by atoms with Gasteiger partial charge in [-0.3, -0.25) is 14.9 Å². The molecule has 0 amide bonds. The average Bonchev–Trinajstić information content (AvgIpc) is 2.77. The molecule has 1 aliphatic heterocycles. The molecule has 1 heterocycles. The lowest BCUT2D eigenvalue weighted by Crippen LogP contribution is -1.98. The van der Waals surface area contributed by atoms with Gasteiger partial charge in [-0.2, -0.15) is 0 Å². The summed E-state index contributed by atoms with van der Waals surface area (Å²) < 4.78 is 5.33. The summed E-state index contributed by atoms with van der Waals surface area (Å²) in [6.45, 7) is 0. The molecule has 22 heavy (non-hydrogen) atoms. The highest BCUT2D eigenvalue weighted by molar-refractivity contribution is 6.32. The van der Waals surface area contributed by atoms with Crippen molar-refractivity contribution in [3.05, 3.63) is 68.4 Å². The average molecular weight is 318 g/mol. The van der Waals surface area contributed by atoms with E-state index < -0.39 is 10.7 Å². The number of ether oxygens (including phenoxy) is 1. The van der Waals surface area contributed by atoms with Crippen molar-refractivity contribution >= 4 is 29.1 Å². The summed E-state index contributed by atoms with van der Waals surface area (Å²) in [5.41, 5.74) is 0.0183. The van der Waals surface area contributed by atoms with Crippen LogP contribution in [0.2, 0.25) is 5.02 Å². The summed E-state index contributed by atoms with van der Waals surface area (Å²) in [7, 11) is 0. The Labute approximate surface area is 129 Å². The Hall–Kier alpha value is -2.86. The van der Waals surface area contributed by atoms with Crippen LogP contribution in [0.5, 0.6) is 11.5 Å². The summed E-state index contributed by atoms with van der Waals surface area (Å²) >= 11 is 5.80. The van der Waals surface area contributed by atoms with Gasteiger partial charge in [0.2, 0.25) is 11.5 Å². The van der Waals surface area contributed by atoms with Crippen LogP contribution in [-0.4, -0.2) is 15.8 Å². The van der Waals surface area contributed by atoms with Crippen LogP contribution in [0.25, 0.3) is 6.08 Å². The first-order chi connectivity index (χ1) is 10.5. The maximum absolute atomic E-state index is 12.3. The van der Waals surface area contributed by atoms with E-state index in [0.29, 0.717) is 5.56 Å². The number of hydrogen-bond donors (Lipinski definition) is 1. The van der Waals surface area contributed by atoms with Gasteiger partial charge < -0.3 is 9.84 Å². The van der Waals surface area contributed by atoms with Gasteiger partial charge in [-0.1, -0.05) is 29.8 Å². The lowest BCUT2D eigenvalue weighted by molar-refractivity contribution is -0.385. The Kier molecular flexibility index (Phi) is 3.30. The smallest absolute Gasteiger partial charge is 0.313 e. The molecule has 0 aromatic heterocycles. The quantitative estimate of drug-likeness (QED) is 0.519. The second kappa shape index (κ2) is 5.16. The van der Waals surface area contributed by atoms with Gasteiger partial charge >= 0.3 is 5.69 Å². The van der Waals surface area contributed by atoms with E-state index in [1.165, 1.54) is 18.2 Å². The monoisotopic (exact) mass is 317 g/mol. The number of para-hydroxylation sites is 1. The van der Waals surface area contributed by atoms with E-state index >= 15 is 0 Å². The molecular formula is C15H8ClNO5. The van der Waals surface area contributed by atoms with Gasteiger partial charge in [-0.25, -0.2) is 0 Å². The molecule has 0 saturated carbocycles. The molecule has 0 spiro atoms. The van der Waals surface area contributed by atoms with Crippen molar-refractivity contribution in [2.45, 2.75) is 0 Å². The number of nitro groups is 1. The number of phenolic OH excluding ortho intramolecular Hbond substituents is 1. The molecule has 1 aliphatic rings. The first kappa shape index (κ1) is 14.1. The summed E-state index contributed by atoms with van der Waals surface area (Å²) in [5, 5.41) is 20.8. The van der Waals surface area contributed by atoms with Gasteiger partial charge in [0.1, 0.15) is 5.75 Å². The summed E-state index contributed by atoms with van der Waals surface area (Å²) in [6, 6.07) is 8.79. The van der Waals surface area contributed by atoms with Crippen LogP contribution in [0.1, 0.15) is 15.9 Å². The molecule has 0 radical (unpaired) electrons. The van der Waals surface area contributed by atoms with E-state index in [0.717, 1.165) is 6.07 Å². The van der Waals surface area contributed by atoms with Crippen LogP contribution in [0.4, 0.5) is 5.69 Å². The number of aromatic hydroxyl groups is 1. The molecule has 1 N–H and O–H groups in total. The molecule has 2 aromatic carbocycles. The zero-order valence-electron chi connectivity index (χ0n) is 10.9. The number of carbonyl (C=O) groups is 1. The molecule has 0 aliphatic carbocycles. The second-order valence-corrected chi connectivity index (χ2v) is 4.99. The van der Waals surface area contributed by atoms with Crippen LogP contribution in [0, 0.1) is 10.1 Å². The van der Waals surface area contributed by atoms with Gasteiger partial charge in [0, 0.05) is 16.7 Å². The van der Waals surface area contributed by atoms with Gasteiger partial charge in [-0.15, -0.1) is 0 Å². The third-order valence-electron chi connectivity index (χ3n) is 3.13. The zero-order valence-corrected chi connectivity index (χ0v) is 11.7. The molecule has 0 saturated heterocycles. The Balaban J connectivity index is 2.10. The molecule has 2 aromatic rings. The first-order valence-corrected chi connectivity index (χ1v) is 6.55. The Morgan fingerprint density at radius 1 is 1.27 bits per heavy atom. The number of phenols is 1. The lowest BCUT2D eigenvalue weighted by Gasteiger charge is -2.01. The van der Waals surface area contributed by atoms with E-state index in [4.69, 9.17) is 16.3 Å². The molecule has 7 heteroatoms. The maximum Gasteiger partial charge on any atom is 0.313 e. The van der Waals surface area contributed by atoms with Crippen molar-refractivity contribution in [2.24, 2.45) is 0 Å². The summed E-state index contributed by atoms with van der Waals surface area (Å²) in [6.07, 6.45) is 1.33. The predicted octanol–water partition coefficient (Wildman–Crippen LogP) is 3.57. The number of hydrogen-bond acceptors (Lipinski definition) is 5. The third kappa shape index (κ3) is 2.29. The highest BCUT2D eigenvalue weighted by Gasteiger charge is 2.34. The maximum atomic E-state index is 12.3. The molecule has 3 rings (SSSR count). The van der Waals surface area contributed by atoms with Crippen molar-refractivity contribution in [1.82, 2.24) is 0 Å². The number of allylic oxidation sites excluding steroid dienone is 1. The number of Topliss-reactive ketones (excluding diaryl/α,β-unsaturated/α-hetero) is 1. The van der Waals surface area contributed by atoms with Gasteiger partial charge in [0.25, 0.3) is 0 Å². The van der Waals surface area contributed by atoms with Crippen LogP contribution in [-0.2, 0) is 0 Å². The lowest BCUT2D eigenvalue weighted by atomic mass is 10.1. The van der Waals surface area contributed by atoms with Crippen molar-refractivity contribution in [2.75, 3.05) is 0 Å². The minimum absolute atomic E-state index is 0.0286. The summed E-state index contributed by atoms with van der Waals surface area (Å²) in [5.74, 6) is -0.804. The molecule has 110 valence electrons. The highest BCUT2D eigenvalue weighted by Crippen LogP contribution is 2.41. The molecule has 0 bridgehead atoms. The van der Waals surface area contributed by atoms with E-state index in [-0.39, 0.29) is 33.5 Å². The fourth-order valence-electron chi connectivity index (χ4n) is 2.13. The topological polar surface area (TPSA) is 89.7 Å². The van der Waals surface area contributed by atoms with Crippen LogP contribution in [0.15, 0.2) is 42.2 Å². The van der Waals surface area contributed by atoms with Crippen molar-refractivity contribution in [1.29, 1.82) is 0 Å². The number of carbonyl (C=O) groups excluding carboxylic acids is 1. The van der Waals surface area contributed by atoms with Crippen LogP contribution in [0.3, 0.4) is 0 Å². The minimum atomic E-state index is -0.666. The number of ketones is 1. The van der Waals surface area contributed by atoms with E-state index in [1.807, 2.05) is 0 Å². The normalized spacial score (nSPS) is 14.8. The fraction of sp³-hybridized carbons (Fsp3) is 0. The molecule has 0 unspecified atom stereocenters. The van der Waals surface area contributed by atoms with E-state index in [2.05, 4.69) is 0 Å². The Morgan fingerprint density at radius 3 is 2.68 bits per heavy atom. The molecule has 0 fully saturated rings.